The molecule has 0 unspecified atom stereocenters. The Morgan fingerprint density at radius 3 is 2.44 bits per heavy atom. The molecule has 1 N–H and O–H groups in total. The number of sulfonamides is 1. The van der Waals surface area contributed by atoms with Crippen molar-refractivity contribution in [3.8, 4) is 0 Å². The predicted octanol–water partition coefficient (Wildman–Crippen LogP) is 3.77. The van der Waals surface area contributed by atoms with Crippen molar-refractivity contribution in [2.24, 2.45) is 0 Å². The molecule has 0 atom stereocenters. The summed E-state index contributed by atoms with van der Waals surface area (Å²) in [7, 11) is -2.20. The second-order valence-electron chi connectivity index (χ2n) is 5.78. The van der Waals surface area contributed by atoms with Crippen molar-refractivity contribution < 1.29 is 17.9 Å². The number of nitrogens with one attached hydrogen (secondary N) is 1. The summed E-state index contributed by atoms with van der Waals surface area (Å²) in [5.74, 6) is -0.425. The molecule has 8 heteroatoms. The predicted molar refractivity (Wildman–Crippen MR) is 107 cm³/mol. The molecular weight excluding hydrogens is 388 g/mol. The Kier molecular flexibility index (Phi) is 7.38. The average Bonchev–Trinajstić information content (AvgIpc) is 2.64. The summed E-state index contributed by atoms with van der Waals surface area (Å²) in [6.45, 7) is 4.47. The van der Waals surface area contributed by atoms with E-state index in [2.05, 4.69) is 5.32 Å². The van der Waals surface area contributed by atoms with Crippen LogP contribution in [-0.4, -0.2) is 38.8 Å². The lowest BCUT2D eigenvalue weighted by molar-refractivity contribution is 0.102. The summed E-state index contributed by atoms with van der Waals surface area (Å²) in [6, 6.07) is 11.5. The molecule has 0 aliphatic carbocycles. The number of halogens is 1. The minimum absolute atomic E-state index is 0.0781. The fourth-order valence-electron chi connectivity index (χ4n) is 2.66. The lowest BCUT2D eigenvalue weighted by Gasteiger charge is -2.19. The van der Waals surface area contributed by atoms with Crippen molar-refractivity contribution in [1.29, 1.82) is 0 Å². The summed E-state index contributed by atoms with van der Waals surface area (Å²) >= 11 is 6.12. The number of rotatable bonds is 8. The number of carbonyl (C=O) groups is 1. The van der Waals surface area contributed by atoms with Crippen LogP contribution in [0.2, 0.25) is 5.02 Å². The second-order valence-corrected chi connectivity index (χ2v) is 8.09. The maximum absolute atomic E-state index is 12.8. The Bertz CT molecular complexity index is 912. The van der Waals surface area contributed by atoms with Crippen molar-refractivity contribution in [2.75, 3.05) is 25.5 Å². The Balaban J connectivity index is 2.37. The Labute approximate surface area is 165 Å². The first-order valence-electron chi connectivity index (χ1n) is 8.53. The molecule has 27 heavy (non-hydrogen) atoms. The summed E-state index contributed by atoms with van der Waals surface area (Å²) in [6.07, 6.45) is 0. The maximum atomic E-state index is 12.8. The van der Waals surface area contributed by atoms with Crippen LogP contribution in [0.4, 0.5) is 5.69 Å². The van der Waals surface area contributed by atoms with E-state index in [1.54, 1.807) is 33.1 Å². The first-order chi connectivity index (χ1) is 12.8. The number of benzene rings is 2. The van der Waals surface area contributed by atoms with Crippen LogP contribution < -0.4 is 5.32 Å². The van der Waals surface area contributed by atoms with Crippen molar-refractivity contribution in [3.05, 3.63) is 58.6 Å². The van der Waals surface area contributed by atoms with E-state index >= 15 is 0 Å². The number of anilines is 1. The first kappa shape index (κ1) is 21.4. The number of amides is 1. The van der Waals surface area contributed by atoms with Crippen molar-refractivity contribution in [3.63, 3.8) is 0 Å². The van der Waals surface area contributed by atoms with E-state index in [1.165, 1.54) is 22.5 Å². The molecule has 0 saturated heterocycles. The van der Waals surface area contributed by atoms with Crippen LogP contribution in [0, 0.1) is 0 Å². The third kappa shape index (κ3) is 4.87. The van der Waals surface area contributed by atoms with Gasteiger partial charge in [-0.2, -0.15) is 4.31 Å². The third-order valence-electron chi connectivity index (χ3n) is 4.08. The van der Waals surface area contributed by atoms with Gasteiger partial charge in [0, 0.05) is 37.0 Å². The van der Waals surface area contributed by atoms with E-state index in [-0.39, 0.29) is 15.5 Å². The van der Waals surface area contributed by atoms with Gasteiger partial charge in [-0.05, 0) is 24.3 Å². The average molecular weight is 411 g/mol. The van der Waals surface area contributed by atoms with Gasteiger partial charge in [0.05, 0.1) is 11.6 Å². The monoisotopic (exact) mass is 410 g/mol. The molecule has 0 aliphatic rings. The molecule has 0 fully saturated rings. The molecule has 6 nitrogen and oxygen atoms in total. The van der Waals surface area contributed by atoms with E-state index in [1.807, 2.05) is 12.1 Å². The molecule has 0 radical (unpaired) electrons. The number of ether oxygens (including phenoxy) is 1. The summed E-state index contributed by atoms with van der Waals surface area (Å²) in [5, 5.41) is 2.88. The molecule has 0 saturated carbocycles. The summed E-state index contributed by atoms with van der Waals surface area (Å²) in [5.41, 5.74) is 1.63. The fourth-order valence-corrected chi connectivity index (χ4v) is 4.62. The van der Waals surface area contributed by atoms with Gasteiger partial charge in [-0.3, -0.25) is 4.79 Å². The number of hydrogen-bond acceptors (Lipinski definition) is 4. The number of hydrogen-bond donors (Lipinski definition) is 1. The summed E-state index contributed by atoms with van der Waals surface area (Å²) in [4.78, 5) is 12.6. The van der Waals surface area contributed by atoms with Crippen LogP contribution in [0.15, 0.2) is 47.4 Å². The molecule has 2 rings (SSSR count). The fraction of sp³-hybridized carbons (Fsp3) is 0.316. The molecular formula is C19H23ClN2O4S. The van der Waals surface area contributed by atoms with E-state index in [9.17, 15) is 13.2 Å². The van der Waals surface area contributed by atoms with E-state index in [0.717, 1.165) is 5.56 Å². The van der Waals surface area contributed by atoms with Crippen LogP contribution in [0.1, 0.15) is 29.8 Å². The molecule has 0 aliphatic heterocycles. The largest absolute Gasteiger partial charge is 0.380 e. The van der Waals surface area contributed by atoms with Gasteiger partial charge in [0.1, 0.15) is 4.90 Å². The van der Waals surface area contributed by atoms with E-state index in [4.69, 9.17) is 16.3 Å². The zero-order valence-corrected chi connectivity index (χ0v) is 17.1. The first-order valence-corrected chi connectivity index (χ1v) is 10.3. The molecule has 1 amide bonds. The van der Waals surface area contributed by atoms with Gasteiger partial charge >= 0.3 is 0 Å². The number of nitrogens with zero attached hydrogens (tertiary/aromatic N) is 1. The highest BCUT2D eigenvalue weighted by Gasteiger charge is 2.25. The molecule has 0 spiro atoms. The van der Waals surface area contributed by atoms with Crippen molar-refractivity contribution in [1.82, 2.24) is 4.31 Å². The zero-order valence-electron chi connectivity index (χ0n) is 15.5. The van der Waals surface area contributed by atoms with Crippen molar-refractivity contribution >= 4 is 33.2 Å². The SMILES string of the molecule is CCN(CC)S(=O)(=O)c1cc(C(=O)Nc2ccccc2COC)ccc1Cl. The topological polar surface area (TPSA) is 75.7 Å². The third-order valence-corrected chi connectivity index (χ3v) is 6.61. The Hall–Kier alpha value is -1.93. The molecule has 0 bridgehead atoms. The van der Waals surface area contributed by atoms with Crippen LogP contribution in [0.5, 0.6) is 0 Å². The van der Waals surface area contributed by atoms with Gasteiger partial charge in [0.2, 0.25) is 10.0 Å². The van der Waals surface area contributed by atoms with E-state index in [0.29, 0.717) is 25.4 Å². The van der Waals surface area contributed by atoms with Crippen molar-refractivity contribution in [2.45, 2.75) is 25.3 Å². The van der Waals surface area contributed by atoms with Gasteiger partial charge in [0.25, 0.3) is 5.91 Å². The molecule has 146 valence electrons. The quantitative estimate of drug-likeness (QED) is 0.718. The number of carbonyl (C=O) groups excluding carboxylic acids is 1. The zero-order chi connectivity index (χ0) is 20.0. The smallest absolute Gasteiger partial charge is 0.255 e. The standard InChI is InChI=1S/C19H23ClN2O4S/c1-4-22(5-2)27(24,25)18-12-14(10-11-16(18)20)19(23)21-17-9-7-6-8-15(17)13-26-3/h6-12H,4-5,13H2,1-3H3,(H,21,23). The lowest BCUT2D eigenvalue weighted by Crippen LogP contribution is -2.31. The van der Waals surface area contributed by atoms with E-state index < -0.39 is 15.9 Å². The van der Waals surface area contributed by atoms with Gasteiger partial charge in [-0.1, -0.05) is 43.6 Å². The molecule has 2 aromatic carbocycles. The molecule has 0 aromatic heterocycles. The highest BCUT2D eigenvalue weighted by atomic mass is 35.5. The van der Waals surface area contributed by atoms with Crippen LogP contribution >= 0.6 is 11.6 Å². The second kappa shape index (κ2) is 9.32. The molecule has 0 heterocycles. The summed E-state index contributed by atoms with van der Waals surface area (Å²) < 4.78 is 32.0. The highest BCUT2D eigenvalue weighted by Crippen LogP contribution is 2.26. The van der Waals surface area contributed by atoms with Crippen LogP contribution in [0.25, 0.3) is 0 Å². The van der Waals surface area contributed by atoms with Crippen LogP contribution in [-0.2, 0) is 21.4 Å². The number of methoxy groups -OCH3 is 1. The van der Waals surface area contributed by atoms with Gasteiger partial charge in [0.15, 0.2) is 0 Å². The van der Waals surface area contributed by atoms with Gasteiger partial charge in [-0.15, -0.1) is 0 Å². The Morgan fingerprint density at radius 1 is 1.15 bits per heavy atom. The van der Waals surface area contributed by atoms with Gasteiger partial charge < -0.3 is 10.1 Å². The van der Waals surface area contributed by atoms with Crippen LogP contribution in [0.3, 0.4) is 0 Å². The number of para-hydroxylation sites is 1. The minimum atomic E-state index is -3.78. The van der Waals surface area contributed by atoms with Gasteiger partial charge in [-0.25, -0.2) is 8.42 Å². The minimum Gasteiger partial charge on any atom is -0.380 e. The molecule has 2 aromatic rings. The maximum Gasteiger partial charge on any atom is 0.255 e. The lowest BCUT2D eigenvalue weighted by atomic mass is 10.1. The highest BCUT2D eigenvalue weighted by molar-refractivity contribution is 7.89. The normalized spacial score (nSPS) is 11.6. The Morgan fingerprint density at radius 2 is 1.81 bits per heavy atom.